The van der Waals surface area contributed by atoms with Crippen molar-refractivity contribution in [1.29, 1.82) is 0 Å². The summed E-state index contributed by atoms with van der Waals surface area (Å²) in [5.74, 6) is 1.53. The summed E-state index contributed by atoms with van der Waals surface area (Å²) in [6.07, 6.45) is 17.9. The van der Waals surface area contributed by atoms with E-state index in [1.807, 2.05) is 36.0 Å². The number of carbonyl (C=O) groups is 1. The van der Waals surface area contributed by atoms with E-state index in [2.05, 4.69) is 35.6 Å². The third-order valence-corrected chi connectivity index (χ3v) is 8.24. The molecule has 1 aliphatic heterocycles. The average Bonchev–Trinajstić information content (AvgIpc) is 3.34. The molecule has 2 amide bonds. The zero-order chi connectivity index (χ0) is 27.7. The monoisotopic (exact) mass is 651 g/mol. The SMILES string of the molecule is Br.CCCCCCCCCCCCCCOc1cc(NC(=O)Nc2ccccc2CN2C=C(C)SC2)ccc1Cl. The first-order valence-electron chi connectivity index (χ1n) is 14.7. The maximum atomic E-state index is 12.8. The van der Waals surface area contributed by atoms with Crippen LogP contribution in [0.3, 0.4) is 0 Å². The molecule has 5 nitrogen and oxygen atoms in total. The summed E-state index contributed by atoms with van der Waals surface area (Å²) in [4.78, 5) is 16.3. The molecule has 0 spiro atoms. The summed E-state index contributed by atoms with van der Waals surface area (Å²) in [6, 6.07) is 13.0. The number of amides is 2. The fourth-order valence-electron chi connectivity index (χ4n) is 4.71. The van der Waals surface area contributed by atoms with Crippen molar-refractivity contribution >= 4 is 57.8 Å². The lowest BCUT2D eigenvalue weighted by Gasteiger charge is -2.18. The first-order valence-corrected chi connectivity index (χ1v) is 16.0. The zero-order valence-corrected chi connectivity index (χ0v) is 27.5. The molecule has 0 aliphatic carbocycles. The van der Waals surface area contributed by atoms with Gasteiger partial charge in [-0.25, -0.2) is 4.79 Å². The highest BCUT2D eigenvalue weighted by molar-refractivity contribution is 8.93. The maximum Gasteiger partial charge on any atom is 0.323 e. The molecule has 0 saturated carbocycles. The second kappa shape index (κ2) is 20.1. The van der Waals surface area contributed by atoms with E-state index < -0.39 is 0 Å². The average molecular weight is 653 g/mol. The van der Waals surface area contributed by atoms with Crippen LogP contribution in [0.4, 0.5) is 16.2 Å². The van der Waals surface area contributed by atoms with Crippen LogP contribution in [0, 0.1) is 0 Å². The Bertz CT molecular complexity index is 1050. The van der Waals surface area contributed by atoms with Gasteiger partial charge in [-0.3, -0.25) is 0 Å². The van der Waals surface area contributed by atoms with Gasteiger partial charge >= 0.3 is 6.03 Å². The molecule has 0 radical (unpaired) electrons. The van der Waals surface area contributed by atoms with Crippen LogP contribution in [0.5, 0.6) is 5.75 Å². The Morgan fingerprint density at radius 3 is 2.23 bits per heavy atom. The minimum atomic E-state index is -0.292. The number of hydrogen-bond acceptors (Lipinski definition) is 4. The van der Waals surface area contributed by atoms with E-state index in [0.717, 1.165) is 30.1 Å². The largest absolute Gasteiger partial charge is 0.492 e. The molecular weight excluding hydrogens is 606 g/mol. The van der Waals surface area contributed by atoms with Gasteiger partial charge in [0.25, 0.3) is 0 Å². The second-order valence-corrected chi connectivity index (χ2v) is 12.0. The van der Waals surface area contributed by atoms with Crippen molar-refractivity contribution in [3.05, 3.63) is 64.2 Å². The van der Waals surface area contributed by atoms with Crippen molar-refractivity contribution in [2.75, 3.05) is 23.1 Å². The number of nitrogens with zero attached hydrogens (tertiary/aromatic N) is 1. The van der Waals surface area contributed by atoms with Crippen LogP contribution in [0.1, 0.15) is 96.5 Å². The van der Waals surface area contributed by atoms with Crippen LogP contribution >= 0.6 is 40.3 Å². The van der Waals surface area contributed by atoms with Gasteiger partial charge in [-0.1, -0.05) is 107 Å². The van der Waals surface area contributed by atoms with Gasteiger partial charge in [-0.2, -0.15) is 0 Å². The molecule has 2 N–H and O–H groups in total. The molecule has 0 bridgehead atoms. The highest BCUT2D eigenvalue weighted by Gasteiger charge is 2.14. The lowest BCUT2D eigenvalue weighted by atomic mass is 10.1. The predicted octanol–water partition coefficient (Wildman–Crippen LogP) is 11.0. The number of anilines is 2. The van der Waals surface area contributed by atoms with E-state index in [1.54, 1.807) is 18.2 Å². The molecule has 0 unspecified atom stereocenters. The van der Waals surface area contributed by atoms with Crippen molar-refractivity contribution < 1.29 is 9.53 Å². The number of para-hydroxylation sites is 1. The molecule has 3 rings (SSSR count). The molecule has 2 aromatic rings. The zero-order valence-electron chi connectivity index (χ0n) is 24.2. The number of nitrogens with one attached hydrogen (secondary N) is 2. The Labute approximate surface area is 261 Å². The van der Waals surface area contributed by atoms with Gasteiger partial charge in [0.15, 0.2) is 0 Å². The highest BCUT2D eigenvalue weighted by Crippen LogP contribution is 2.29. The standard InChI is InChI=1S/C32H46ClN3O2S.BrH/c1-3-4-5-6-7-8-9-10-11-12-13-16-21-38-31-22-28(19-20-29(31)33)34-32(37)35-30-18-15-14-17-27(30)24-36-23-26(2)39-25-36;/h14-15,17-20,22-23H,3-13,16,21,24-25H2,1-2H3,(H2,34,35,37);1H. The fourth-order valence-corrected chi connectivity index (χ4v) is 5.64. The third kappa shape index (κ3) is 13.2. The number of ether oxygens (including phenoxy) is 1. The number of hydrogen-bond donors (Lipinski definition) is 2. The van der Waals surface area contributed by atoms with Crippen molar-refractivity contribution in [2.45, 2.75) is 97.4 Å². The van der Waals surface area contributed by atoms with Crippen LogP contribution in [0.25, 0.3) is 0 Å². The van der Waals surface area contributed by atoms with Gasteiger partial charge in [0.1, 0.15) is 5.75 Å². The van der Waals surface area contributed by atoms with E-state index in [-0.39, 0.29) is 23.0 Å². The van der Waals surface area contributed by atoms with E-state index >= 15 is 0 Å². The molecule has 8 heteroatoms. The van der Waals surface area contributed by atoms with Gasteiger partial charge in [-0.05, 0) is 42.0 Å². The van der Waals surface area contributed by atoms with Crippen LogP contribution in [-0.2, 0) is 6.54 Å². The number of rotatable bonds is 18. The quantitative estimate of drug-likeness (QED) is 0.157. The summed E-state index contributed by atoms with van der Waals surface area (Å²) < 4.78 is 5.95. The van der Waals surface area contributed by atoms with E-state index in [4.69, 9.17) is 16.3 Å². The van der Waals surface area contributed by atoms with Crippen LogP contribution < -0.4 is 15.4 Å². The van der Waals surface area contributed by atoms with Crippen molar-refractivity contribution in [1.82, 2.24) is 4.90 Å². The summed E-state index contributed by atoms with van der Waals surface area (Å²) in [5.41, 5.74) is 2.52. The lowest BCUT2D eigenvalue weighted by Crippen LogP contribution is -2.21. The predicted molar refractivity (Wildman–Crippen MR) is 179 cm³/mol. The lowest BCUT2D eigenvalue weighted by molar-refractivity contribution is 0.262. The maximum absolute atomic E-state index is 12.8. The van der Waals surface area contributed by atoms with Crippen molar-refractivity contribution in [3.63, 3.8) is 0 Å². The third-order valence-electron chi connectivity index (χ3n) is 6.91. The first kappa shape index (κ1) is 34.4. The molecule has 40 heavy (non-hydrogen) atoms. The van der Waals surface area contributed by atoms with Gasteiger partial charge in [0.05, 0.1) is 17.5 Å². The minimum absolute atomic E-state index is 0. The smallest absolute Gasteiger partial charge is 0.323 e. The Morgan fingerprint density at radius 2 is 1.57 bits per heavy atom. The summed E-state index contributed by atoms with van der Waals surface area (Å²) in [6.45, 7) is 5.76. The Balaban J connectivity index is 0.00000560. The Hall–Kier alpha value is -1.83. The molecule has 0 saturated heterocycles. The van der Waals surface area contributed by atoms with Gasteiger partial charge in [0.2, 0.25) is 0 Å². The Kier molecular flexibility index (Phi) is 17.3. The second-order valence-electron chi connectivity index (χ2n) is 10.4. The summed E-state index contributed by atoms with van der Waals surface area (Å²) in [5, 5.41) is 6.47. The molecule has 0 atom stereocenters. The number of unbranched alkanes of at least 4 members (excludes halogenated alkanes) is 11. The van der Waals surface area contributed by atoms with E-state index in [9.17, 15) is 4.79 Å². The number of allylic oxidation sites excluding steroid dienone is 1. The van der Waals surface area contributed by atoms with E-state index in [0.29, 0.717) is 23.1 Å². The Morgan fingerprint density at radius 1 is 0.925 bits per heavy atom. The van der Waals surface area contributed by atoms with Crippen molar-refractivity contribution in [3.8, 4) is 5.75 Å². The van der Waals surface area contributed by atoms with Crippen LogP contribution in [0.15, 0.2) is 53.6 Å². The van der Waals surface area contributed by atoms with Gasteiger partial charge < -0.3 is 20.3 Å². The molecule has 2 aromatic carbocycles. The molecule has 1 heterocycles. The van der Waals surface area contributed by atoms with Crippen molar-refractivity contribution in [2.24, 2.45) is 0 Å². The number of halogens is 2. The van der Waals surface area contributed by atoms with Gasteiger partial charge in [-0.15, -0.1) is 28.7 Å². The molecular formula is C32H47BrClN3O2S. The molecule has 0 fully saturated rings. The topological polar surface area (TPSA) is 53.6 Å². The van der Waals surface area contributed by atoms with E-state index in [1.165, 1.54) is 75.5 Å². The number of thioether (sulfide) groups is 1. The molecule has 222 valence electrons. The minimum Gasteiger partial charge on any atom is -0.492 e. The number of benzene rings is 2. The summed E-state index contributed by atoms with van der Waals surface area (Å²) >= 11 is 8.19. The number of carbonyl (C=O) groups excluding carboxylic acids is 1. The number of urea groups is 1. The molecule has 0 aromatic heterocycles. The van der Waals surface area contributed by atoms with Crippen LogP contribution in [0.2, 0.25) is 5.02 Å². The summed E-state index contributed by atoms with van der Waals surface area (Å²) in [7, 11) is 0. The molecule has 1 aliphatic rings. The highest BCUT2D eigenvalue weighted by atomic mass is 79.9. The normalized spacial score (nSPS) is 12.6. The first-order chi connectivity index (χ1) is 19.0. The van der Waals surface area contributed by atoms with Crippen LogP contribution in [-0.4, -0.2) is 23.4 Å². The van der Waals surface area contributed by atoms with Gasteiger partial charge in [0, 0.05) is 30.2 Å². The fraction of sp³-hybridized carbons (Fsp3) is 0.531.